The summed E-state index contributed by atoms with van der Waals surface area (Å²) in [7, 11) is 0. The first-order valence-electron chi connectivity index (χ1n) is 8.47. The zero-order chi connectivity index (χ0) is 17.7. The number of hydrogen-bond acceptors (Lipinski definition) is 6. The van der Waals surface area contributed by atoms with E-state index in [2.05, 4.69) is 24.1 Å². The SMILES string of the molecule is CC1CCCC(C)N1CC(=O)[15NH]CCC(=O)ON1C(=O)CCC1=O. The Morgan fingerprint density at radius 1 is 1.12 bits per heavy atom. The van der Waals surface area contributed by atoms with Gasteiger partial charge in [-0.3, -0.25) is 19.3 Å². The summed E-state index contributed by atoms with van der Waals surface area (Å²) in [6, 6.07) is 0.744. The molecule has 2 fully saturated rings. The molecule has 2 unspecified atom stereocenters. The summed E-state index contributed by atoms with van der Waals surface area (Å²) in [4.78, 5) is 53.2. The third kappa shape index (κ3) is 4.77. The lowest BCUT2D eigenvalue weighted by atomic mass is 9.98. The maximum absolute atomic E-state index is 12.0. The second-order valence-corrected chi connectivity index (χ2v) is 6.45. The van der Waals surface area contributed by atoms with Crippen molar-refractivity contribution in [1.29, 1.82) is 0 Å². The van der Waals surface area contributed by atoms with Crippen LogP contribution < -0.4 is 5.32 Å². The first-order valence-corrected chi connectivity index (χ1v) is 8.47. The van der Waals surface area contributed by atoms with E-state index in [1.165, 1.54) is 6.42 Å². The van der Waals surface area contributed by atoms with Crippen LogP contribution in [0, 0.1) is 0 Å². The second kappa shape index (κ2) is 8.23. The lowest BCUT2D eigenvalue weighted by Gasteiger charge is -2.38. The summed E-state index contributed by atoms with van der Waals surface area (Å²) in [6.45, 7) is 4.65. The number of hydroxylamine groups is 2. The van der Waals surface area contributed by atoms with Gasteiger partial charge in [0.2, 0.25) is 5.91 Å². The van der Waals surface area contributed by atoms with Crippen molar-refractivity contribution in [3.8, 4) is 0 Å². The molecule has 0 aliphatic carbocycles. The van der Waals surface area contributed by atoms with Crippen LogP contribution in [0.25, 0.3) is 0 Å². The molecule has 0 bridgehead atoms. The Kier molecular flexibility index (Phi) is 6.30. The average Bonchev–Trinajstić information content (AvgIpc) is 2.83. The number of piperidine rings is 1. The molecule has 0 aromatic heterocycles. The Bertz CT molecular complexity index is 496. The zero-order valence-electron chi connectivity index (χ0n) is 14.2. The molecule has 8 nitrogen and oxygen atoms in total. The highest BCUT2D eigenvalue weighted by molar-refractivity contribution is 6.01. The van der Waals surface area contributed by atoms with Crippen molar-refractivity contribution in [3.63, 3.8) is 0 Å². The summed E-state index contributed by atoms with van der Waals surface area (Å²) >= 11 is 0. The number of likely N-dealkylation sites (tertiary alicyclic amines) is 1. The number of hydrogen-bond donors (Lipinski definition) is 1. The molecule has 8 heteroatoms. The molecule has 1 N–H and O–H groups in total. The molecule has 2 aliphatic rings. The van der Waals surface area contributed by atoms with Crippen LogP contribution >= 0.6 is 0 Å². The van der Waals surface area contributed by atoms with Crippen LogP contribution in [0.2, 0.25) is 0 Å². The van der Waals surface area contributed by atoms with Gasteiger partial charge >= 0.3 is 5.97 Å². The number of carbonyl (C=O) groups is 4. The molecular formula is C16H25N3O5. The quantitative estimate of drug-likeness (QED) is 0.554. The van der Waals surface area contributed by atoms with Gasteiger partial charge in [-0.2, -0.15) is 0 Å². The van der Waals surface area contributed by atoms with Gasteiger partial charge in [0.1, 0.15) is 0 Å². The summed E-state index contributed by atoms with van der Waals surface area (Å²) in [5.74, 6) is -1.87. The minimum atomic E-state index is -0.710. The molecule has 2 rings (SSSR count). The first kappa shape index (κ1) is 18.4. The molecule has 0 aromatic carbocycles. The molecule has 0 radical (unpaired) electrons. The summed E-state index contributed by atoms with van der Waals surface area (Å²) in [5.41, 5.74) is 0. The van der Waals surface area contributed by atoms with E-state index in [1.807, 2.05) is 0 Å². The van der Waals surface area contributed by atoms with Crippen LogP contribution in [0.5, 0.6) is 0 Å². The van der Waals surface area contributed by atoms with Gasteiger partial charge < -0.3 is 10.2 Å². The minimum Gasteiger partial charge on any atom is -0.354 e. The van der Waals surface area contributed by atoms with Crippen molar-refractivity contribution in [1.82, 2.24) is 15.3 Å². The smallest absolute Gasteiger partial charge is 0.334 e. The molecule has 2 saturated heterocycles. The van der Waals surface area contributed by atoms with E-state index in [4.69, 9.17) is 4.84 Å². The Morgan fingerprint density at radius 3 is 2.29 bits per heavy atom. The van der Waals surface area contributed by atoms with Gasteiger partial charge in [-0.1, -0.05) is 6.42 Å². The second-order valence-electron chi connectivity index (χ2n) is 6.45. The monoisotopic (exact) mass is 340 g/mol. The first-order chi connectivity index (χ1) is 11.4. The third-order valence-corrected chi connectivity index (χ3v) is 4.55. The zero-order valence-corrected chi connectivity index (χ0v) is 14.2. The predicted octanol–water partition coefficient (Wildman–Crippen LogP) is 0.363. The van der Waals surface area contributed by atoms with Crippen molar-refractivity contribution >= 4 is 23.7 Å². The lowest BCUT2D eigenvalue weighted by Crippen LogP contribution is -2.48. The number of nitrogens with one attached hydrogen (secondary N) is 1. The molecule has 24 heavy (non-hydrogen) atoms. The highest BCUT2D eigenvalue weighted by atomic mass is 16.7. The fourth-order valence-electron chi connectivity index (χ4n) is 3.12. The standard InChI is InChI=1S/C16H25N3O5/c1-11-4-3-5-12(2)18(11)10-13(20)17-9-8-16(23)24-19-14(21)6-7-15(19)22/h11-12H,3-10H2,1-2H3,(H,17,20)/i17+1. The van der Waals surface area contributed by atoms with Crippen LogP contribution in [0.1, 0.15) is 52.4 Å². The highest BCUT2D eigenvalue weighted by Crippen LogP contribution is 2.21. The summed E-state index contributed by atoms with van der Waals surface area (Å²) in [6.07, 6.45) is 3.39. The van der Waals surface area contributed by atoms with Crippen LogP contribution in [-0.2, 0) is 24.0 Å². The van der Waals surface area contributed by atoms with Crippen LogP contribution in [0.3, 0.4) is 0 Å². The topological polar surface area (TPSA) is 96.0 Å². The Balaban J connectivity index is 1.67. The van der Waals surface area contributed by atoms with E-state index in [1.54, 1.807) is 0 Å². The molecule has 134 valence electrons. The minimum absolute atomic E-state index is 0.0645. The predicted molar refractivity (Wildman–Crippen MR) is 84.3 cm³/mol. The maximum Gasteiger partial charge on any atom is 0.334 e. The Labute approximate surface area is 141 Å². The summed E-state index contributed by atoms with van der Waals surface area (Å²) < 4.78 is 0. The Hall–Kier alpha value is -1.96. The van der Waals surface area contributed by atoms with Crippen molar-refractivity contribution in [3.05, 3.63) is 0 Å². The van der Waals surface area contributed by atoms with Crippen LogP contribution in [-0.4, -0.2) is 58.8 Å². The van der Waals surface area contributed by atoms with Gasteiger partial charge in [0.25, 0.3) is 11.8 Å². The summed E-state index contributed by atoms with van der Waals surface area (Å²) in [5, 5.41) is 3.19. The molecule has 2 aliphatic heterocycles. The number of imide groups is 1. The molecule has 2 atom stereocenters. The third-order valence-electron chi connectivity index (χ3n) is 4.55. The highest BCUT2D eigenvalue weighted by Gasteiger charge is 2.32. The van der Waals surface area contributed by atoms with Crippen LogP contribution in [0.4, 0.5) is 0 Å². The number of nitrogens with zero attached hydrogens (tertiary/aromatic N) is 2. The normalized spacial score (nSPS) is 25.0. The Morgan fingerprint density at radius 2 is 1.71 bits per heavy atom. The molecule has 0 aromatic rings. The van der Waals surface area contributed by atoms with Gasteiger partial charge in [-0.25, -0.2) is 4.79 Å². The largest absolute Gasteiger partial charge is 0.354 e. The molecule has 0 spiro atoms. The molecule has 2 heterocycles. The molecule has 0 saturated carbocycles. The van der Waals surface area contributed by atoms with E-state index in [0.29, 0.717) is 23.7 Å². The molecular weight excluding hydrogens is 315 g/mol. The van der Waals surface area contributed by atoms with Crippen molar-refractivity contribution < 1.29 is 24.0 Å². The van der Waals surface area contributed by atoms with Crippen molar-refractivity contribution in [2.45, 2.75) is 64.5 Å². The van der Waals surface area contributed by atoms with E-state index in [9.17, 15) is 19.2 Å². The van der Waals surface area contributed by atoms with Crippen molar-refractivity contribution in [2.75, 3.05) is 13.1 Å². The fourth-order valence-corrected chi connectivity index (χ4v) is 3.12. The van der Waals surface area contributed by atoms with Gasteiger partial charge in [0.05, 0.1) is 13.0 Å². The van der Waals surface area contributed by atoms with E-state index in [-0.39, 0.29) is 31.7 Å². The van der Waals surface area contributed by atoms with Gasteiger partial charge in [0, 0.05) is 31.5 Å². The number of carbonyl (C=O) groups excluding carboxylic acids is 4. The van der Waals surface area contributed by atoms with Gasteiger partial charge in [0.15, 0.2) is 0 Å². The van der Waals surface area contributed by atoms with E-state index in [0.717, 1.165) is 12.8 Å². The van der Waals surface area contributed by atoms with Gasteiger partial charge in [-0.05, 0) is 26.7 Å². The lowest BCUT2D eigenvalue weighted by molar-refractivity contribution is -0.197. The maximum atomic E-state index is 12.0. The number of rotatable bonds is 6. The van der Waals surface area contributed by atoms with E-state index < -0.39 is 17.8 Å². The number of amides is 3. The van der Waals surface area contributed by atoms with Crippen LogP contribution in [0.15, 0.2) is 0 Å². The average molecular weight is 340 g/mol. The van der Waals surface area contributed by atoms with Gasteiger partial charge in [-0.15, -0.1) is 5.06 Å². The van der Waals surface area contributed by atoms with E-state index >= 15 is 0 Å². The fraction of sp³-hybridized carbons (Fsp3) is 0.750. The van der Waals surface area contributed by atoms with Crippen molar-refractivity contribution in [2.24, 2.45) is 0 Å². The molecule has 3 amide bonds.